The summed E-state index contributed by atoms with van der Waals surface area (Å²) in [6.45, 7) is 0.196. The molecule has 9 heteroatoms. The summed E-state index contributed by atoms with van der Waals surface area (Å²) in [4.78, 5) is 3.92. The lowest BCUT2D eigenvalue weighted by molar-refractivity contribution is 0.581. The lowest BCUT2D eigenvalue weighted by atomic mass is 10.4. The van der Waals surface area contributed by atoms with Crippen molar-refractivity contribution >= 4 is 33.2 Å². The Morgan fingerprint density at radius 1 is 1.21 bits per heavy atom. The molecule has 0 aliphatic heterocycles. The molecule has 2 rings (SSSR count). The summed E-state index contributed by atoms with van der Waals surface area (Å²) in [6.07, 6.45) is 1.77. The Morgan fingerprint density at radius 2 is 1.89 bits per heavy atom. The van der Waals surface area contributed by atoms with E-state index in [-0.39, 0.29) is 21.5 Å². The second-order valence-electron chi connectivity index (χ2n) is 3.69. The van der Waals surface area contributed by atoms with E-state index in [9.17, 15) is 8.42 Å². The highest BCUT2D eigenvalue weighted by atomic mass is 35.5. The first-order valence-corrected chi connectivity index (χ1v) is 7.51. The number of halogens is 2. The van der Waals surface area contributed by atoms with Crippen molar-refractivity contribution in [1.82, 2.24) is 19.9 Å². The molecule has 0 aliphatic carbocycles. The molecule has 0 atom stereocenters. The van der Waals surface area contributed by atoms with Crippen molar-refractivity contribution < 1.29 is 8.42 Å². The number of rotatable bonds is 5. The Bertz CT molecular complexity index is 638. The summed E-state index contributed by atoms with van der Waals surface area (Å²) < 4.78 is 26.4. The molecule has 0 unspecified atom stereocenters. The van der Waals surface area contributed by atoms with Crippen LogP contribution in [0.5, 0.6) is 0 Å². The fourth-order valence-corrected chi connectivity index (χ4v) is 3.18. The van der Waals surface area contributed by atoms with Gasteiger partial charge in [0, 0.05) is 23.0 Å². The van der Waals surface area contributed by atoms with Crippen LogP contribution in [0, 0.1) is 0 Å². The maximum absolute atomic E-state index is 12.0. The number of benzene rings is 1. The summed E-state index contributed by atoms with van der Waals surface area (Å²) in [5.74, 6) is 0.604. The number of nitrogens with zero attached hydrogens (tertiary/aromatic N) is 2. The Hall–Kier alpha value is -1.15. The summed E-state index contributed by atoms with van der Waals surface area (Å²) in [7, 11) is -3.64. The normalized spacial score (nSPS) is 11.7. The minimum absolute atomic E-state index is 0.0302. The van der Waals surface area contributed by atoms with Crippen LogP contribution < -0.4 is 4.72 Å². The highest BCUT2D eigenvalue weighted by Gasteiger charge is 2.15. The minimum atomic E-state index is -3.64. The molecule has 0 radical (unpaired) electrons. The molecule has 0 amide bonds. The monoisotopic (exact) mass is 320 g/mol. The average molecular weight is 321 g/mol. The van der Waals surface area contributed by atoms with Crippen LogP contribution in [0.25, 0.3) is 0 Å². The van der Waals surface area contributed by atoms with Gasteiger partial charge in [-0.05, 0) is 18.2 Å². The van der Waals surface area contributed by atoms with Crippen LogP contribution in [0.2, 0.25) is 10.0 Å². The van der Waals surface area contributed by atoms with Crippen LogP contribution in [0.1, 0.15) is 5.82 Å². The summed E-state index contributed by atoms with van der Waals surface area (Å²) in [5, 5.41) is 6.85. The molecule has 102 valence electrons. The van der Waals surface area contributed by atoms with Crippen molar-refractivity contribution in [2.24, 2.45) is 0 Å². The fourth-order valence-electron chi connectivity index (χ4n) is 1.42. The second kappa shape index (κ2) is 5.87. The molecule has 0 saturated carbocycles. The first-order chi connectivity index (χ1) is 8.97. The maximum Gasteiger partial charge on any atom is 0.240 e. The van der Waals surface area contributed by atoms with E-state index < -0.39 is 10.0 Å². The average Bonchev–Trinajstić information content (AvgIpc) is 2.80. The maximum atomic E-state index is 12.0. The van der Waals surface area contributed by atoms with Gasteiger partial charge in [-0.1, -0.05) is 23.2 Å². The van der Waals surface area contributed by atoms with E-state index in [0.717, 1.165) is 0 Å². The lowest BCUT2D eigenvalue weighted by Crippen LogP contribution is -2.26. The standard InChI is InChI=1S/C10H10Cl2N4O2S/c11-7-3-8(12)5-9(4-7)19(17,18)15-2-1-10-13-6-14-16-10/h3-6,15H,1-2H2,(H,13,14,16). The van der Waals surface area contributed by atoms with Gasteiger partial charge in [0.2, 0.25) is 10.0 Å². The van der Waals surface area contributed by atoms with Gasteiger partial charge in [-0.15, -0.1) is 0 Å². The smallest absolute Gasteiger partial charge is 0.240 e. The molecule has 6 nitrogen and oxygen atoms in total. The van der Waals surface area contributed by atoms with Gasteiger partial charge in [-0.2, -0.15) is 5.10 Å². The molecule has 19 heavy (non-hydrogen) atoms. The van der Waals surface area contributed by atoms with Crippen LogP contribution in [0.15, 0.2) is 29.4 Å². The second-order valence-corrected chi connectivity index (χ2v) is 6.32. The number of aromatic nitrogens is 3. The Labute approximate surface area is 120 Å². The van der Waals surface area contributed by atoms with Gasteiger partial charge in [-0.3, -0.25) is 5.10 Å². The van der Waals surface area contributed by atoms with Gasteiger partial charge >= 0.3 is 0 Å². The molecule has 1 aromatic heterocycles. The Balaban J connectivity index is 2.05. The zero-order chi connectivity index (χ0) is 13.9. The molecule has 1 heterocycles. The van der Waals surface area contributed by atoms with Crippen molar-refractivity contribution in [3.63, 3.8) is 0 Å². The number of hydrogen-bond donors (Lipinski definition) is 2. The van der Waals surface area contributed by atoms with Gasteiger partial charge in [0.05, 0.1) is 4.90 Å². The van der Waals surface area contributed by atoms with Crippen LogP contribution in [-0.4, -0.2) is 30.1 Å². The quantitative estimate of drug-likeness (QED) is 0.876. The molecule has 0 aliphatic rings. The molecular weight excluding hydrogens is 311 g/mol. The minimum Gasteiger partial charge on any atom is -0.263 e. The van der Waals surface area contributed by atoms with Gasteiger partial charge in [0.15, 0.2) is 0 Å². The number of H-pyrrole nitrogens is 1. The molecule has 0 saturated heterocycles. The largest absolute Gasteiger partial charge is 0.263 e. The predicted molar refractivity (Wildman–Crippen MR) is 71.7 cm³/mol. The Morgan fingerprint density at radius 3 is 2.47 bits per heavy atom. The number of hydrogen-bond acceptors (Lipinski definition) is 4. The zero-order valence-corrected chi connectivity index (χ0v) is 11.9. The van der Waals surface area contributed by atoms with E-state index >= 15 is 0 Å². The molecule has 0 spiro atoms. The van der Waals surface area contributed by atoms with Gasteiger partial charge in [-0.25, -0.2) is 18.1 Å². The third-order valence-electron chi connectivity index (χ3n) is 2.27. The molecular formula is C10H10Cl2N4O2S. The van der Waals surface area contributed by atoms with E-state index in [4.69, 9.17) is 23.2 Å². The molecule has 2 N–H and O–H groups in total. The summed E-state index contributed by atoms with van der Waals surface area (Å²) in [6, 6.07) is 4.14. The van der Waals surface area contributed by atoms with Gasteiger partial charge in [0.1, 0.15) is 12.2 Å². The van der Waals surface area contributed by atoms with E-state index in [1.165, 1.54) is 24.5 Å². The topological polar surface area (TPSA) is 87.7 Å². The van der Waals surface area contributed by atoms with E-state index in [1.807, 2.05) is 0 Å². The SMILES string of the molecule is O=S(=O)(NCCc1ncn[nH]1)c1cc(Cl)cc(Cl)c1. The van der Waals surface area contributed by atoms with Crippen LogP contribution in [-0.2, 0) is 16.4 Å². The van der Waals surface area contributed by atoms with E-state index in [1.54, 1.807) is 0 Å². The third-order valence-corrected chi connectivity index (χ3v) is 4.14. The van der Waals surface area contributed by atoms with Crippen LogP contribution >= 0.6 is 23.2 Å². The van der Waals surface area contributed by atoms with Crippen molar-refractivity contribution in [2.75, 3.05) is 6.54 Å². The van der Waals surface area contributed by atoms with E-state index in [2.05, 4.69) is 19.9 Å². The molecule has 0 bridgehead atoms. The van der Waals surface area contributed by atoms with Crippen LogP contribution in [0.4, 0.5) is 0 Å². The molecule has 1 aromatic carbocycles. The molecule has 2 aromatic rings. The summed E-state index contributed by atoms with van der Waals surface area (Å²) in [5.41, 5.74) is 0. The van der Waals surface area contributed by atoms with Crippen molar-refractivity contribution in [2.45, 2.75) is 11.3 Å². The third kappa shape index (κ3) is 3.90. The number of sulfonamides is 1. The van der Waals surface area contributed by atoms with Gasteiger partial charge in [0.25, 0.3) is 0 Å². The number of aromatic amines is 1. The van der Waals surface area contributed by atoms with Crippen molar-refractivity contribution in [3.8, 4) is 0 Å². The zero-order valence-electron chi connectivity index (χ0n) is 9.60. The first-order valence-electron chi connectivity index (χ1n) is 5.27. The van der Waals surface area contributed by atoms with E-state index in [0.29, 0.717) is 12.2 Å². The first kappa shape index (κ1) is 14.3. The van der Waals surface area contributed by atoms with Crippen LogP contribution in [0.3, 0.4) is 0 Å². The lowest BCUT2D eigenvalue weighted by Gasteiger charge is -2.06. The fraction of sp³-hybridized carbons (Fsp3) is 0.200. The molecule has 0 fully saturated rings. The number of nitrogens with one attached hydrogen (secondary N) is 2. The Kier molecular flexibility index (Phi) is 4.41. The van der Waals surface area contributed by atoms with Gasteiger partial charge < -0.3 is 0 Å². The highest BCUT2D eigenvalue weighted by molar-refractivity contribution is 7.89. The predicted octanol–water partition coefficient (Wildman–Crippen LogP) is 1.63. The highest BCUT2D eigenvalue weighted by Crippen LogP contribution is 2.22. The van der Waals surface area contributed by atoms with Crippen molar-refractivity contribution in [3.05, 3.63) is 40.4 Å². The summed E-state index contributed by atoms with van der Waals surface area (Å²) >= 11 is 11.5. The van der Waals surface area contributed by atoms with Crippen molar-refractivity contribution in [1.29, 1.82) is 0 Å².